The van der Waals surface area contributed by atoms with Crippen LogP contribution >= 0.6 is 0 Å². The molecule has 2 aromatic carbocycles. The number of sulfonamides is 1. The van der Waals surface area contributed by atoms with E-state index in [2.05, 4.69) is 5.32 Å². The number of hydrogen-bond acceptors (Lipinski definition) is 7. The van der Waals surface area contributed by atoms with Crippen LogP contribution in [0, 0.1) is 11.3 Å². The molecule has 0 spiro atoms. The summed E-state index contributed by atoms with van der Waals surface area (Å²) in [7, 11) is -6.93. The fourth-order valence-corrected chi connectivity index (χ4v) is 8.38. The first kappa shape index (κ1) is 28.7. The quantitative estimate of drug-likeness (QED) is 0.327. The van der Waals surface area contributed by atoms with Gasteiger partial charge in [-0.25, -0.2) is 21.5 Å². The zero-order valence-electron chi connectivity index (χ0n) is 22.4. The highest BCUT2D eigenvalue weighted by atomic mass is 32.2. The summed E-state index contributed by atoms with van der Waals surface area (Å²) in [5.74, 6) is -0.841. The molecule has 0 radical (unpaired) electrons. The molecule has 214 valence electrons. The molecule has 3 aromatic rings. The summed E-state index contributed by atoms with van der Waals surface area (Å²) >= 11 is 0. The number of carbonyl (C=O) groups excluding carboxylic acids is 1. The smallest absolute Gasteiger partial charge is 0.262 e. The van der Waals surface area contributed by atoms with Gasteiger partial charge in [-0.15, -0.1) is 0 Å². The highest BCUT2D eigenvalue weighted by molar-refractivity contribution is 7.91. The van der Waals surface area contributed by atoms with E-state index in [1.807, 2.05) is 36.4 Å². The van der Waals surface area contributed by atoms with Crippen LogP contribution in [0.2, 0.25) is 0 Å². The Bertz CT molecular complexity index is 1720. The van der Waals surface area contributed by atoms with Gasteiger partial charge in [0.05, 0.1) is 22.1 Å². The lowest BCUT2D eigenvalue weighted by Gasteiger charge is -2.20. The maximum absolute atomic E-state index is 13.5. The van der Waals surface area contributed by atoms with Crippen molar-refractivity contribution >= 4 is 31.8 Å². The Labute approximate surface area is 240 Å². The summed E-state index contributed by atoms with van der Waals surface area (Å²) in [4.78, 5) is 13.1. The van der Waals surface area contributed by atoms with Gasteiger partial charge in [-0.05, 0) is 49.6 Å². The molecule has 2 fully saturated rings. The highest BCUT2D eigenvalue weighted by Gasteiger charge is 2.30. The number of sulfone groups is 1. The van der Waals surface area contributed by atoms with Crippen LogP contribution in [0.4, 0.5) is 0 Å². The van der Waals surface area contributed by atoms with Crippen molar-refractivity contribution in [3.63, 3.8) is 0 Å². The summed E-state index contributed by atoms with van der Waals surface area (Å²) < 4.78 is 53.8. The van der Waals surface area contributed by atoms with Gasteiger partial charge < -0.3 is 5.32 Å². The van der Waals surface area contributed by atoms with Gasteiger partial charge in [0, 0.05) is 36.5 Å². The minimum atomic E-state index is -3.72. The zero-order valence-corrected chi connectivity index (χ0v) is 24.1. The van der Waals surface area contributed by atoms with Crippen LogP contribution in [0.1, 0.15) is 37.7 Å². The largest absolute Gasteiger partial charge is 0.348 e. The van der Waals surface area contributed by atoms with Crippen molar-refractivity contribution in [1.29, 1.82) is 5.26 Å². The van der Waals surface area contributed by atoms with Crippen molar-refractivity contribution in [3.05, 3.63) is 71.9 Å². The van der Waals surface area contributed by atoms with Crippen LogP contribution in [0.3, 0.4) is 0 Å². The average molecular weight is 594 g/mol. The molecular formula is C29H31N5O5S2. The van der Waals surface area contributed by atoms with Crippen LogP contribution in [0.25, 0.3) is 23.0 Å². The molecule has 12 heteroatoms. The van der Waals surface area contributed by atoms with E-state index >= 15 is 0 Å². The Morgan fingerprint density at radius 1 is 1.05 bits per heavy atom. The lowest BCUT2D eigenvalue weighted by Crippen LogP contribution is -2.36. The molecule has 5 rings (SSSR count). The fraction of sp³-hybridized carbons (Fsp3) is 0.345. The summed E-state index contributed by atoms with van der Waals surface area (Å²) in [5, 5.41) is 17.2. The molecular weight excluding hydrogens is 562 g/mol. The number of nitriles is 1. The number of hydrogen-bond donors (Lipinski definition) is 1. The van der Waals surface area contributed by atoms with Crippen molar-refractivity contribution in [2.75, 3.05) is 24.6 Å². The van der Waals surface area contributed by atoms with E-state index in [0.29, 0.717) is 36.3 Å². The first-order valence-corrected chi connectivity index (χ1v) is 16.8. The van der Waals surface area contributed by atoms with Gasteiger partial charge in [0.2, 0.25) is 10.0 Å². The minimum Gasteiger partial charge on any atom is -0.348 e. The Kier molecular flexibility index (Phi) is 8.40. The van der Waals surface area contributed by atoms with Crippen LogP contribution in [0.15, 0.2) is 71.3 Å². The Balaban J connectivity index is 1.53. The normalized spacial score (nSPS) is 19.8. The van der Waals surface area contributed by atoms with Gasteiger partial charge in [-0.1, -0.05) is 43.2 Å². The summed E-state index contributed by atoms with van der Waals surface area (Å²) in [6.07, 6.45) is 7.01. The molecule has 2 saturated heterocycles. The number of rotatable bonds is 7. The predicted octanol–water partition coefficient (Wildman–Crippen LogP) is 3.31. The lowest BCUT2D eigenvalue weighted by molar-refractivity contribution is -0.117. The van der Waals surface area contributed by atoms with Crippen molar-refractivity contribution in [3.8, 4) is 23.0 Å². The minimum absolute atomic E-state index is 0.00573. The van der Waals surface area contributed by atoms with E-state index in [-0.39, 0.29) is 22.0 Å². The molecule has 0 bridgehead atoms. The molecule has 41 heavy (non-hydrogen) atoms. The summed E-state index contributed by atoms with van der Waals surface area (Å²) in [6.45, 7) is 0.957. The van der Waals surface area contributed by atoms with Crippen LogP contribution in [0.5, 0.6) is 0 Å². The van der Waals surface area contributed by atoms with Gasteiger partial charge >= 0.3 is 0 Å². The molecule has 0 aliphatic carbocycles. The number of nitrogens with zero attached hydrogens (tertiary/aromatic N) is 4. The van der Waals surface area contributed by atoms with E-state index in [1.54, 1.807) is 35.1 Å². The molecule has 1 aromatic heterocycles. The number of para-hydroxylation sites is 1. The Hall–Kier alpha value is -3.79. The van der Waals surface area contributed by atoms with E-state index < -0.39 is 31.8 Å². The zero-order chi connectivity index (χ0) is 29.0. The molecule has 2 aliphatic heterocycles. The van der Waals surface area contributed by atoms with Gasteiger partial charge in [0.1, 0.15) is 17.3 Å². The molecule has 1 amide bonds. The van der Waals surface area contributed by atoms with E-state index in [1.165, 1.54) is 10.4 Å². The second-order valence-corrected chi connectivity index (χ2v) is 14.5. The molecule has 10 nitrogen and oxygen atoms in total. The monoisotopic (exact) mass is 593 g/mol. The van der Waals surface area contributed by atoms with Gasteiger partial charge in [0.25, 0.3) is 5.91 Å². The Morgan fingerprint density at radius 2 is 1.78 bits per heavy atom. The van der Waals surface area contributed by atoms with Crippen LogP contribution < -0.4 is 5.32 Å². The predicted molar refractivity (Wildman–Crippen MR) is 155 cm³/mol. The number of aromatic nitrogens is 2. The van der Waals surface area contributed by atoms with E-state index in [4.69, 9.17) is 5.10 Å². The highest BCUT2D eigenvalue weighted by Crippen LogP contribution is 2.29. The van der Waals surface area contributed by atoms with Gasteiger partial charge in [-0.3, -0.25) is 4.79 Å². The van der Waals surface area contributed by atoms with Crippen molar-refractivity contribution in [1.82, 2.24) is 19.4 Å². The first-order valence-electron chi connectivity index (χ1n) is 13.5. The first-order chi connectivity index (χ1) is 19.7. The molecule has 2 aliphatic rings. The van der Waals surface area contributed by atoms with Crippen LogP contribution in [-0.4, -0.2) is 67.5 Å². The molecule has 0 saturated carbocycles. The van der Waals surface area contributed by atoms with Crippen molar-refractivity contribution in [2.45, 2.75) is 43.0 Å². The molecule has 1 N–H and O–H groups in total. The van der Waals surface area contributed by atoms with Gasteiger partial charge in [-0.2, -0.15) is 14.7 Å². The van der Waals surface area contributed by atoms with E-state index in [9.17, 15) is 26.9 Å². The maximum atomic E-state index is 13.5. The summed E-state index contributed by atoms with van der Waals surface area (Å²) in [5.41, 5.74) is 1.87. The van der Waals surface area contributed by atoms with Gasteiger partial charge in [0.15, 0.2) is 9.84 Å². The third kappa shape index (κ3) is 6.59. The molecule has 3 heterocycles. The number of benzene rings is 2. The van der Waals surface area contributed by atoms with Crippen molar-refractivity contribution < 1.29 is 21.6 Å². The average Bonchev–Trinajstić information content (AvgIpc) is 3.41. The standard InChI is InChI=1S/C29H31N5O5S2/c30-19-23(29(35)31-25-13-16-40(36,37)21-25)17-24-20-34(26-10-4-3-5-11-26)32-28(24)22-9-8-12-27(18-22)41(38,39)33-14-6-1-2-7-15-33/h3-5,8-12,17-18,20,25H,1-2,6-7,13-16,21H2,(H,31,35). The maximum Gasteiger partial charge on any atom is 0.262 e. The second kappa shape index (κ2) is 12.0. The number of carbonyl (C=O) groups is 1. The lowest BCUT2D eigenvalue weighted by atomic mass is 10.1. The third-order valence-corrected chi connectivity index (χ3v) is 11.0. The molecule has 1 atom stereocenters. The second-order valence-electron chi connectivity index (χ2n) is 10.3. The topological polar surface area (TPSA) is 142 Å². The van der Waals surface area contributed by atoms with Crippen LogP contribution in [-0.2, 0) is 24.7 Å². The van der Waals surface area contributed by atoms with Crippen molar-refractivity contribution in [2.24, 2.45) is 0 Å². The fourth-order valence-electron chi connectivity index (χ4n) is 5.14. The number of nitrogens with one attached hydrogen (secondary N) is 1. The summed E-state index contributed by atoms with van der Waals surface area (Å²) in [6, 6.07) is 17.2. The third-order valence-electron chi connectivity index (χ3n) is 7.31. The SMILES string of the molecule is N#CC(=Cc1cn(-c2ccccc2)nc1-c1cccc(S(=O)(=O)N2CCCCCC2)c1)C(=O)NC1CCS(=O)(=O)C1. The van der Waals surface area contributed by atoms with E-state index in [0.717, 1.165) is 31.4 Å². The number of amides is 1. The Morgan fingerprint density at radius 3 is 2.44 bits per heavy atom. The molecule has 1 unspecified atom stereocenters.